The van der Waals surface area contributed by atoms with Crippen molar-refractivity contribution in [1.82, 2.24) is 0 Å². The Kier molecular flexibility index (Phi) is 13.7. The molecule has 3 nitrogen and oxygen atoms in total. The lowest BCUT2D eigenvalue weighted by Crippen LogP contribution is -2.19. The van der Waals surface area contributed by atoms with E-state index in [1.165, 1.54) is 60.7 Å². The van der Waals surface area contributed by atoms with E-state index >= 15 is 0 Å². The fraction of sp³-hybridized carbons (Fsp3) is 0.108. The molecule has 10 aromatic rings. The van der Waals surface area contributed by atoms with E-state index in [1.54, 1.807) is 0 Å². The second-order valence-corrected chi connectivity index (χ2v) is 17.8. The van der Waals surface area contributed by atoms with Gasteiger partial charge < -0.3 is 15.5 Å². The van der Waals surface area contributed by atoms with Crippen LogP contribution < -0.4 is 21.7 Å². The SMILES string of the molecule is C=c1oc2cc3c(/C=C\C=C/C)c(C)c4ccccc4c3c(Nc3cc(-c4ccccc4)cc(-c4ccccc4)c3)c2/c1=C/CC(C)C.NCc1cc(-c2ccccc2)cc(-c2ccccc2)c1. The molecule has 0 aliphatic carbocycles. The molecule has 0 aliphatic heterocycles. The van der Waals surface area contributed by atoms with E-state index < -0.39 is 0 Å². The van der Waals surface area contributed by atoms with Crippen molar-refractivity contribution in [2.45, 2.75) is 40.7 Å². The van der Waals surface area contributed by atoms with Crippen LogP contribution >= 0.6 is 0 Å². The van der Waals surface area contributed by atoms with Crippen molar-refractivity contribution in [2.24, 2.45) is 11.7 Å². The van der Waals surface area contributed by atoms with Crippen LogP contribution in [0.5, 0.6) is 0 Å². The zero-order valence-electron chi connectivity index (χ0n) is 39.5. The Bertz CT molecular complexity index is 3420. The minimum absolute atomic E-state index is 0.508. The summed E-state index contributed by atoms with van der Waals surface area (Å²) in [5.74, 6) is 0.508. The number of hydrogen-bond acceptors (Lipinski definition) is 3. The van der Waals surface area contributed by atoms with Gasteiger partial charge in [0.2, 0.25) is 0 Å². The van der Waals surface area contributed by atoms with Crippen molar-refractivity contribution < 1.29 is 4.42 Å². The highest BCUT2D eigenvalue weighted by atomic mass is 16.3. The number of fused-ring (bicyclic) bond motifs is 4. The van der Waals surface area contributed by atoms with Gasteiger partial charge in [-0.05, 0) is 146 Å². The van der Waals surface area contributed by atoms with Gasteiger partial charge in [0.1, 0.15) is 11.0 Å². The summed E-state index contributed by atoms with van der Waals surface area (Å²) >= 11 is 0. The van der Waals surface area contributed by atoms with Gasteiger partial charge in [-0.3, -0.25) is 0 Å². The zero-order valence-corrected chi connectivity index (χ0v) is 39.5. The maximum atomic E-state index is 6.52. The molecule has 334 valence electrons. The first-order valence-electron chi connectivity index (χ1n) is 23.7. The van der Waals surface area contributed by atoms with E-state index in [4.69, 9.17) is 10.2 Å². The summed E-state index contributed by atoms with van der Waals surface area (Å²) in [4.78, 5) is 0. The monoisotopic (exact) mass is 882 g/mol. The van der Waals surface area contributed by atoms with Crippen LogP contribution in [0.2, 0.25) is 0 Å². The van der Waals surface area contributed by atoms with Crippen LogP contribution in [0.4, 0.5) is 11.4 Å². The number of allylic oxidation sites excluding steroid dienone is 3. The summed E-state index contributed by atoms with van der Waals surface area (Å²) in [6.07, 6.45) is 11.7. The van der Waals surface area contributed by atoms with E-state index in [-0.39, 0.29) is 0 Å². The van der Waals surface area contributed by atoms with E-state index in [1.807, 2.05) is 19.1 Å². The summed E-state index contributed by atoms with van der Waals surface area (Å²) < 4.78 is 6.52. The predicted octanol–water partition coefficient (Wildman–Crippen LogP) is 16.4. The summed E-state index contributed by atoms with van der Waals surface area (Å²) in [7, 11) is 0. The molecule has 3 N–H and O–H groups in total. The molecule has 1 aromatic heterocycles. The average molecular weight is 883 g/mol. The van der Waals surface area contributed by atoms with Crippen molar-refractivity contribution >= 4 is 62.6 Å². The zero-order chi connectivity index (χ0) is 47.0. The van der Waals surface area contributed by atoms with Gasteiger partial charge in [-0.25, -0.2) is 0 Å². The molecule has 68 heavy (non-hydrogen) atoms. The maximum Gasteiger partial charge on any atom is 0.138 e. The second-order valence-electron chi connectivity index (χ2n) is 17.8. The first-order valence-corrected chi connectivity index (χ1v) is 23.7. The van der Waals surface area contributed by atoms with E-state index in [2.05, 4.69) is 239 Å². The van der Waals surface area contributed by atoms with Gasteiger partial charge in [-0.1, -0.05) is 196 Å². The number of benzene rings is 9. The fourth-order valence-corrected chi connectivity index (χ4v) is 9.22. The molecule has 0 bridgehead atoms. The minimum Gasteiger partial charge on any atom is -0.457 e. The van der Waals surface area contributed by atoms with Gasteiger partial charge in [0.25, 0.3) is 0 Å². The predicted molar refractivity (Wildman–Crippen MR) is 294 cm³/mol. The molecule has 1 heterocycles. The third kappa shape index (κ3) is 9.76. The van der Waals surface area contributed by atoms with Crippen LogP contribution in [0, 0.1) is 12.8 Å². The van der Waals surface area contributed by atoms with Crippen LogP contribution in [-0.2, 0) is 6.54 Å². The Hall–Kier alpha value is -7.98. The molecule has 0 amide bonds. The van der Waals surface area contributed by atoms with Crippen molar-refractivity contribution in [3.05, 3.63) is 234 Å². The van der Waals surface area contributed by atoms with Crippen molar-refractivity contribution in [3.63, 3.8) is 0 Å². The molecule has 0 fully saturated rings. The fourth-order valence-electron chi connectivity index (χ4n) is 9.22. The Morgan fingerprint density at radius 3 is 1.53 bits per heavy atom. The average Bonchev–Trinajstić information content (AvgIpc) is 3.71. The van der Waals surface area contributed by atoms with E-state index in [0.717, 1.165) is 56.1 Å². The highest BCUT2D eigenvalue weighted by Gasteiger charge is 2.20. The minimum atomic E-state index is 0.508. The van der Waals surface area contributed by atoms with Crippen molar-refractivity contribution in [2.75, 3.05) is 5.32 Å². The summed E-state index contributed by atoms with van der Waals surface area (Å²) in [6, 6.07) is 66.4. The normalized spacial score (nSPS) is 11.9. The standard InChI is InChI=1S/C46H41NO.C19H17N/c1-6-7-10-21-39-31(4)38-22-15-16-23-41(38)44-42(39)29-43-45(40(32(5)48-43)25-24-30(2)3)46(44)47-37-27-35(33-17-11-8-12-18-33)26-36(28-37)34-19-13-9-14-20-34;20-14-15-11-18(16-7-3-1-4-8-16)13-19(12-15)17-9-5-2-6-10-17/h6-23,25-30,47H,5,24H2,1-4H3;1-13H,14,20H2/b7-6-,21-10-,40-25+;. The molecule has 0 atom stereocenters. The van der Waals surface area contributed by atoms with E-state index in [0.29, 0.717) is 17.9 Å². The number of hydrogen-bond donors (Lipinski definition) is 2. The molecule has 0 spiro atoms. The molecule has 0 radical (unpaired) electrons. The van der Waals surface area contributed by atoms with Gasteiger partial charge >= 0.3 is 0 Å². The van der Waals surface area contributed by atoms with Crippen LogP contribution in [0.15, 0.2) is 211 Å². The largest absolute Gasteiger partial charge is 0.457 e. The molecule has 0 unspecified atom stereocenters. The molecule has 9 aromatic carbocycles. The van der Waals surface area contributed by atoms with Gasteiger partial charge in [0, 0.05) is 22.8 Å². The van der Waals surface area contributed by atoms with Gasteiger partial charge in [-0.15, -0.1) is 0 Å². The molecule has 3 heteroatoms. The highest BCUT2D eigenvalue weighted by Crippen LogP contribution is 2.43. The lowest BCUT2D eigenvalue weighted by molar-refractivity contribution is 0.577. The topological polar surface area (TPSA) is 51.2 Å². The molecule has 0 saturated heterocycles. The quantitative estimate of drug-likeness (QED) is 0.101. The van der Waals surface area contributed by atoms with Crippen LogP contribution in [-0.4, -0.2) is 0 Å². The Morgan fingerprint density at radius 1 is 0.559 bits per heavy atom. The number of furan rings is 1. The molecule has 0 aliphatic rings. The second kappa shape index (κ2) is 20.7. The summed E-state index contributed by atoms with van der Waals surface area (Å²) in [5.41, 5.74) is 22.5. The summed E-state index contributed by atoms with van der Waals surface area (Å²) in [5, 5.41) is 10.9. The van der Waals surface area contributed by atoms with Crippen LogP contribution in [0.3, 0.4) is 0 Å². The number of nitrogens with one attached hydrogen (secondary N) is 1. The van der Waals surface area contributed by atoms with E-state index in [9.17, 15) is 0 Å². The number of aryl methyl sites for hydroxylation is 1. The van der Waals surface area contributed by atoms with Crippen molar-refractivity contribution in [1.29, 1.82) is 0 Å². The molecule has 10 rings (SSSR count). The summed E-state index contributed by atoms with van der Waals surface area (Å²) in [6.45, 7) is 13.7. The van der Waals surface area contributed by atoms with Gasteiger partial charge in [-0.2, -0.15) is 0 Å². The molecular weight excluding hydrogens is 825 g/mol. The van der Waals surface area contributed by atoms with Crippen LogP contribution in [0.1, 0.15) is 43.9 Å². The Morgan fingerprint density at radius 2 is 1.04 bits per heavy atom. The number of anilines is 2. The number of nitrogens with two attached hydrogens (primary N) is 1. The number of rotatable bonds is 11. The Balaban J connectivity index is 0.000000240. The van der Waals surface area contributed by atoms with Crippen molar-refractivity contribution in [3.8, 4) is 44.5 Å². The molecule has 0 saturated carbocycles. The highest BCUT2D eigenvalue weighted by molar-refractivity contribution is 6.24. The van der Waals surface area contributed by atoms with Crippen LogP contribution in [0.25, 0.3) is 95.8 Å². The van der Waals surface area contributed by atoms with Gasteiger partial charge in [0.05, 0.1) is 11.1 Å². The van der Waals surface area contributed by atoms with Gasteiger partial charge in [0.15, 0.2) is 0 Å². The molecular formula is C65H58N2O. The third-order valence-corrected chi connectivity index (χ3v) is 12.6. The first kappa shape index (κ1) is 45.2. The maximum absolute atomic E-state index is 6.52. The lowest BCUT2D eigenvalue weighted by Gasteiger charge is -2.19. The smallest absolute Gasteiger partial charge is 0.138 e. The first-order chi connectivity index (χ1) is 33.3. The third-order valence-electron chi connectivity index (χ3n) is 12.6. The Labute approximate surface area is 400 Å². The lowest BCUT2D eigenvalue weighted by atomic mass is 9.89.